The van der Waals surface area contributed by atoms with Crippen molar-refractivity contribution in [3.63, 3.8) is 0 Å². The Kier molecular flexibility index (Phi) is 4.30. The Bertz CT molecular complexity index is 644. The lowest BCUT2D eigenvalue weighted by molar-refractivity contribution is 0.102. The van der Waals surface area contributed by atoms with Crippen molar-refractivity contribution in [1.82, 2.24) is 4.98 Å². The quantitative estimate of drug-likeness (QED) is 0.823. The van der Waals surface area contributed by atoms with E-state index in [1.54, 1.807) is 12.1 Å². The highest BCUT2D eigenvalue weighted by Crippen LogP contribution is 2.22. The van der Waals surface area contributed by atoms with Crippen molar-refractivity contribution in [3.8, 4) is 0 Å². The Labute approximate surface area is 125 Å². The molecule has 1 aromatic heterocycles. The lowest BCUT2D eigenvalue weighted by Crippen LogP contribution is -2.12. The standard InChI is InChI=1S/C13H9Cl3N2O/c1-7-2-3-9(5-10(7)14)18-13(19)8-4-11(15)12(16)17-6-8/h2-6H,1H3,(H,18,19). The van der Waals surface area contributed by atoms with Crippen molar-refractivity contribution in [2.75, 3.05) is 5.32 Å². The lowest BCUT2D eigenvalue weighted by atomic mass is 10.2. The molecule has 0 aliphatic heterocycles. The number of benzene rings is 1. The summed E-state index contributed by atoms with van der Waals surface area (Å²) in [5.74, 6) is -0.328. The van der Waals surface area contributed by atoms with E-state index in [1.807, 2.05) is 13.0 Å². The number of hydrogen-bond donors (Lipinski definition) is 1. The van der Waals surface area contributed by atoms with Gasteiger partial charge in [0.1, 0.15) is 5.15 Å². The third-order valence-corrected chi connectivity index (χ3v) is 3.58. The first-order chi connectivity index (χ1) is 8.97. The van der Waals surface area contributed by atoms with Gasteiger partial charge in [-0.25, -0.2) is 4.98 Å². The minimum Gasteiger partial charge on any atom is -0.322 e. The van der Waals surface area contributed by atoms with Crippen LogP contribution in [0, 0.1) is 6.92 Å². The molecule has 0 atom stereocenters. The van der Waals surface area contributed by atoms with Gasteiger partial charge < -0.3 is 5.32 Å². The maximum atomic E-state index is 12.0. The molecular formula is C13H9Cl3N2O. The molecule has 98 valence electrons. The average molecular weight is 316 g/mol. The van der Waals surface area contributed by atoms with E-state index < -0.39 is 0 Å². The molecule has 1 N–H and O–H groups in total. The van der Waals surface area contributed by atoms with E-state index in [0.29, 0.717) is 16.3 Å². The van der Waals surface area contributed by atoms with E-state index in [9.17, 15) is 4.79 Å². The van der Waals surface area contributed by atoms with Crippen molar-refractivity contribution >= 4 is 46.4 Å². The monoisotopic (exact) mass is 314 g/mol. The van der Waals surface area contributed by atoms with Crippen molar-refractivity contribution in [1.29, 1.82) is 0 Å². The molecule has 1 heterocycles. The normalized spacial score (nSPS) is 10.3. The molecule has 2 aromatic rings. The number of nitrogens with one attached hydrogen (secondary N) is 1. The van der Waals surface area contributed by atoms with Crippen LogP contribution in [0.3, 0.4) is 0 Å². The summed E-state index contributed by atoms with van der Waals surface area (Å²) >= 11 is 17.5. The summed E-state index contributed by atoms with van der Waals surface area (Å²) in [4.78, 5) is 15.8. The second-order valence-corrected chi connectivity index (χ2v) is 5.09. The molecule has 0 bridgehead atoms. The number of aromatic nitrogens is 1. The SMILES string of the molecule is Cc1ccc(NC(=O)c2cnc(Cl)c(Cl)c2)cc1Cl. The van der Waals surface area contributed by atoms with Crippen LogP contribution in [-0.2, 0) is 0 Å². The highest BCUT2D eigenvalue weighted by atomic mass is 35.5. The first-order valence-corrected chi connectivity index (χ1v) is 6.49. The Balaban J connectivity index is 2.20. The van der Waals surface area contributed by atoms with Crippen molar-refractivity contribution < 1.29 is 4.79 Å². The third kappa shape index (κ3) is 3.38. The fourth-order valence-electron chi connectivity index (χ4n) is 1.42. The maximum Gasteiger partial charge on any atom is 0.257 e. The summed E-state index contributed by atoms with van der Waals surface area (Å²) in [6.45, 7) is 1.89. The minimum atomic E-state index is -0.328. The molecule has 2 rings (SSSR count). The zero-order valence-electron chi connectivity index (χ0n) is 9.88. The lowest BCUT2D eigenvalue weighted by Gasteiger charge is -2.07. The van der Waals surface area contributed by atoms with Crippen molar-refractivity contribution in [2.45, 2.75) is 6.92 Å². The summed E-state index contributed by atoms with van der Waals surface area (Å²) in [6.07, 6.45) is 1.36. The number of hydrogen-bond acceptors (Lipinski definition) is 2. The minimum absolute atomic E-state index is 0.164. The summed E-state index contributed by atoms with van der Waals surface area (Å²) in [5, 5.41) is 3.69. The zero-order valence-corrected chi connectivity index (χ0v) is 12.1. The van der Waals surface area contributed by atoms with Crippen LogP contribution in [0.15, 0.2) is 30.5 Å². The van der Waals surface area contributed by atoms with Gasteiger partial charge in [0.2, 0.25) is 0 Å². The fourth-order valence-corrected chi connectivity index (χ4v) is 1.87. The molecule has 3 nitrogen and oxygen atoms in total. The number of aryl methyl sites for hydroxylation is 1. The van der Waals surface area contributed by atoms with Gasteiger partial charge in [0.25, 0.3) is 5.91 Å². The Hall–Kier alpha value is -1.29. The average Bonchev–Trinajstić information content (AvgIpc) is 2.37. The molecule has 1 aromatic carbocycles. The van der Waals surface area contributed by atoms with Gasteiger partial charge in [-0.15, -0.1) is 0 Å². The molecule has 0 saturated carbocycles. The maximum absolute atomic E-state index is 12.0. The summed E-state index contributed by atoms with van der Waals surface area (Å²) < 4.78 is 0. The van der Waals surface area contributed by atoms with Crippen LogP contribution in [0.1, 0.15) is 15.9 Å². The van der Waals surface area contributed by atoms with E-state index in [4.69, 9.17) is 34.8 Å². The topological polar surface area (TPSA) is 42.0 Å². The molecule has 0 radical (unpaired) electrons. The predicted octanol–water partition coefficient (Wildman–Crippen LogP) is 4.60. The van der Waals surface area contributed by atoms with Crippen LogP contribution < -0.4 is 5.32 Å². The van der Waals surface area contributed by atoms with E-state index >= 15 is 0 Å². The predicted molar refractivity (Wildman–Crippen MR) is 78.4 cm³/mol. The molecule has 0 saturated heterocycles. The first kappa shape index (κ1) is 14.1. The summed E-state index contributed by atoms with van der Waals surface area (Å²) in [7, 11) is 0. The van der Waals surface area contributed by atoms with Gasteiger partial charge in [-0.1, -0.05) is 40.9 Å². The number of halogens is 3. The number of nitrogens with zero attached hydrogens (tertiary/aromatic N) is 1. The Morgan fingerprint density at radius 2 is 1.89 bits per heavy atom. The highest BCUT2D eigenvalue weighted by Gasteiger charge is 2.10. The largest absolute Gasteiger partial charge is 0.322 e. The molecule has 0 unspecified atom stereocenters. The second-order valence-electron chi connectivity index (χ2n) is 3.91. The van der Waals surface area contributed by atoms with E-state index in [-0.39, 0.29) is 16.1 Å². The van der Waals surface area contributed by atoms with Crippen molar-refractivity contribution in [3.05, 3.63) is 56.8 Å². The van der Waals surface area contributed by atoms with Gasteiger partial charge in [0.15, 0.2) is 0 Å². The first-order valence-electron chi connectivity index (χ1n) is 5.36. The smallest absolute Gasteiger partial charge is 0.257 e. The Morgan fingerprint density at radius 3 is 2.53 bits per heavy atom. The number of carbonyl (C=O) groups excluding carboxylic acids is 1. The van der Waals surface area contributed by atoms with Crippen LogP contribution in [-0.4, -0.2) is 10.9 Å². The van der Waals surface area contributed by atoms with E-state index in [2.05, 4.69) is 10.3 Å². The number of anilines is 1. The number of pyridine rings is 1. The van der Waals surface area contributed by atoms with Gasteiger partial charge in [-0.3, -0.25) is 4.79 Å². The van der Waals surface area contributed by atoms with E-state index in [1.165, 1.54) is 12.3 Å². The molecule has 0 fully saturated rings. The molecule has 6 heteroatoms. The number of amides is 1. The number of carbonyl (C=O) groups is 1. The van der Waals surface area contributed by atoms with E-state index in [0.717, 1.165) is 5.56 Å². The molecule has 0 spiro atoms. The van der Waals surface area contributed by atoms with Gasteiger partial charge in [-0.2, -0.15) is 0 Å². The fraction of sp³-hybridized carbons (Fsp3) is 0.0769. The van der Waals surface area contributed by atoms with Crippen LogP contribution >= 0.6 is 34.8 Å². The molecular weight excluding hydrogens is 307 g/mol. The Morgan fingerprint density at radius 1 is 1.16 bits per heavy atom. The summed E-state index contributed by atoms with van der Waals surface area (Å²) in [5.41, 5.74) is 1.87. The highest BCUT2D eigenvalue weighted by molar-refractivity contribution is 6.41. The van der Waals surface area contributed by atoms with Gasteiger partial charge in [0.05, 0.1) is 10.6 Å². The zero-order chi connectivity index (χ0) is 14.0. The van der Waals surface area contributed by atoms with Crippen LogP contribution in [0.25, 0.3) is 0 Å². The number of rotatable bonds is 2. The molecule has 0 aliphatic carbocycles. The van der Waals surface area contributed by atoms with Crippen molar-refractivity contribution in [2.24, 2.45) is 0 Å². The summed E-state index contributed by atoms with van der Waals surface area (Å²) in [6, 6.07) is 6.73. The van der Waals surface area contributed by atoms with Crippen LogP contribution in [0.2, 0.25) is 15.2 Å². The molecule has 0 aliphatic rings. The van der Waals surface area contributed by atoms with Gasteiger partial charge in [0, 0.05) is 16.9 Å². The third-order valence-electron chi connectivity index (χ3n) is 2.49. The van der Waals surface area contributed by atoms with Crippen LogP contribution in [0.5, 0.6) is 0 Å². The molecule has 19 heavy (non-hydrogen) atoms. The van der Waals surface area contributed by atoms with Crippen LogP contribution in [0.4, 0.5) is 5.69 Å². The second kappa shape index (κ2) is 5.78. The van der Waals surface area contributed by atoms with Gasteiger partial charge in [-0.05, 0) is 30.7 Å². The van der Waals surface area contributed by atoms with Gasteiger partial charge >= 0.3 is 0 Å². The molecule has 1 amide bonds.